The molecule has 3 nitrogen and oxygen atoms in total. The Bertz CT molecular complexity index is 283. The largest absolute Gasteiger partial charge is 0.304 e. The lowest BCUT2D eigenvalue weighted by Crippen LogP contribution is -2.37. The Kier molecular flexibility index (Phi) is 3.78. The zero-order valence-corrected chi connectivity index (χ0v) is 9.86. The van der Waals surface area contributed by atoms with Crippen LogP contribution in [-0.2, 0) is 0 Å². The van der Waals surface area contributed by atoms with E-state index < -0.39 is 0 Å². The molecule has 0 saturated heterocycles. The predicted molar refractivity (Wildman–Crippen MR) is 64.0 cm³/mol. The van der Waals surface area contributed by atoms with Crippen molar-refractivity contribution in [3.8, 4) is 0 Å². The first-order chi connectivity index (χ1) is 6.52. The van der Waals surface area contributed by atoms with Crippen LogP contribution in [0.4, 0.5) is 0 Å². The van der Waals surface area contributed by atoms with Gasteiger partial charge in [0.15, 0.2) is 7.28 Å². The Morgan fingerprint density at radius 1 is 1.36 bits per heavy atom. The number of hydrogen-bond donors (Lipinski definition) is 0. The molecular weight excluding hydrogens is 172 g/mol. The van der Waals surface area contributed by atoms with Crippen LogP contribution in [0.3, 0.4) is 0 Å². The third-order valence-electron chi connectivity index (χ3n) is 2.62. The molecular formula is C9H19B2N3. The third kappa shape index (κ3) is 2.63. The van der Waals surface area contributed by atoms with E-state index in [1.807, 2.05) is 6.20 Å². The standard InChI is InChI=1S/C9H19B2N3/c1-7(2)10-9-6-12-13-14(9)11(5)8(3)4/h6-8,10H,1-5H3. The summed E-state index contributed by atoms with van der Waals surface area (Å²) in [6.45, 7) is 11.5. The van der Waals surface area contributed by atoms with Crippen molar-refractivity contribution < 1.29 is 0 Å². The van der Waals surface area contributed by atoms with Gasteiger partial charge >= 0.3 is 0 Å². The van der Waals surface area contributed by atoms with Gasteiger partial charge in [0.25, 0.3) is 6.85 Å². The van der Waals surface area contributed by atoms with Gasteiger partial charge in [-0.15, -0.1) is 5.10 Å². The van der Waals surface area contributed by atoms with Gasteiger partial charge in [-0.05, 0) is 5.82 Å². The summed E-state index contributed by atoms with van der Waals surface area (Å²) < 4.78 is 2.06. The predicted octanol–water partition coefficient (Wildman–Crippen LogP) is 1.05. The first-order valence-electron chi connectivity index (χ1n) is 5.41. The van der Waals surface area contributed by atoms with Crippen LogP contribution in [-0.4, -0.2) is 29.0 Å². The highest BCUT2D eigenvalue weighted by atomic mass is 15.4. The van der Waals surface area contributed by atoms with Gasteiger partial charge in [0.05, 0.1) is 6.20 Å². The lowest BCUT2D eigenvalue weighted by atomic mass is 9.53. The van der Waals surface area contributed by atoms with Crippen molar-refractivity contribution in [2.45, 2.75) is 46.2 Å². The monoisotopic (exact) mass is 191 g/mol. The Balaban J connectivity index is 2.81. The van der Waals surface area contributed by atoms with Gasteiger partial charge in [0.1, 0.15) is 0 Å². The second-order valence-electron chi connectivity index (χ2n) is 4.75. The maximum absolute atomic E-state index is 4.16. The van der Waals surface area contributed by atoms with Gasteiger partial charge in [0, 0.05) is 5.59 Å². The van der Waals surface area contributed by atoms with Crippen LogP contribution in [0.15, 0.2) is 6.20 Å². The van der Waals surface area contributed by atoms with E-state index in [-0.39, 0.29) is 0 Å². The van der Waals surface area contributed by atoms with E-state index in [9.17, 15) is 0 Å². The fourth-order valence-electron chi connectivity index (χ4n) is 1.45. The summed E-state index contributed by atoms with van der Waals surface area (Å²) in [5.41, 5.74) is 1.25. The van der Waals surface area contributed by atoms with E-state index in [2.05, 4.69) is 49.4 Å². The fraction of sp³-hybridized carbons (Fsp3) is 0.778. The summed E-state index contributed by atoms with van der Waals surface area (Å²) in [6.07, 6.45) is 1.89. The van der Waals surface area contributed by atoms with Crippen molar-refractivity contribution in [3.63, 3.8) is 0 Å². The van der Waals surface area contributed by atoms with Crippen molar-refractivity contribution in [1.82, 2.24) is 14.9 Å². The minimum absolute atomic E-state index is 0.436. The number of aromatic nitrogens is 3. The molecule has 1 rings (SSSR count). The van der Waals surface area contributed by atoms with Crippen molar-refractivity contribution in [3.05, 3.63) is 6.20 Å². The molecule has 0 amide bonds. The second-order valence-corrected chi connectivity index (χ2v) is 4.75. The summed E-state index contributed by atoms with van der Waals surface area (Å²) in [7, 11) is 1.06. The molecule has 14 heavy (non-hydrogen) atoms. The fourth-order valence-corrected chi connectivity index (χ4v) is 1.45. The molecule has 0 spiro atoms. The van der Waals surface area contributed by atoms with Crippen LogP contribution in [0.2, 0.25) is 18.5 Å². The van der Waals surface area contributed by atoms with Crippen molar-refractivity contribution >= 4 is 19.7 Å². The van der Waals surface area contributed by atoms with Crippen molar-refractivity contribution in [2.24, 2.45) is 0 Å². The molecule has 0 fully saturated rings. The van der Waals surface area contributed by atoms with E-state index in [1.54, 1.807) is 0 Å². The normalized spacial score (nSPS) is 11.1. The molecule has 0 aliphatic carbocycles. The molecule has 1 aromatic heterocycles. The first-order valence-corrected chi connectivity index (χ1v) is 5.41. The maximum Gasteiger partial charge on any atom is 0.284 e. The minimum Gasteiger partial charge on any atom is -0.304 e. The van der Waals surface area contributed by atoms with Crippen LogP contribution in [0.25, 0.3) is 0 Å². The van der Waals surface area contributed by atoms with Gasteiger partial charge < -0.3 is 4.59 Å². The molecule has 0 aliphatic heterocycles. The van der Waals surface area contributed by atoms with E-state index in [0.29, 0.717) is 18.5 Å². The average Bonchev–Trinajstić information content (AvgIpc) is 2.49. The van der Waals surface area contributed by atoms with Gasteiger partial charge in [-0.3, -0.25) is 0 Å². The van der Waals surface area contributed by atoms with Crippen LogP contribution in [0.1, 0.15) is 27.7 Å². The summed E-state index contributed by atoms with van der Waals surface area (Å²) in [4.78, 5) is 0. The zero-order valence-electron chi connectivity index (χ0n) is 9.86. The molecule has 0 aliphatic rings. The molecule has 0 saturated carbocycles. The topological polar surface area (TPSA) is 30.7 Å². The Morgan fingerprint density at radius 3 is 2.50 bits per heavy atom. The van der Waals surface area contributed by atoms with Crippen molar-refractivity contribution in [1.29, 1.82) is 0 Å². The Labute approximate surface area is 87.6 Å². The Hall–Kier alpha value is -0.730. The molecule has 1 heterocycles. The summed E-state index contributed by atoms with van der Waals surface area (Å²) >= 11 is 0. The van der Waals surface area contributed by atoms with Gasteiger partial charge in [-0.25, -0.2) is 0 Å². The zero-order chi connectivity index (χ0) is 10.7. The molecule has 5 heteroatoms. The van der Waals surface area contributed by atoms with Gasteiger partial charge in [-0.2, -0.15) is 0 Å². The van der Waals surface area contributed by atoms with Gasteiger partial charge in [-0.1, -0.05) is 45.5 Å². The molecule has 0 atom stereocenters. The quantitative estimate of drug-likeness (QED) is 0.665. The van der Waals surface area contributed by atoms with Crippen LogP contribution >= 0.6 is 0 Å². The highest BCUT2D eigenvalue weighted by Gasteiger charge is 2.19. The lowest BCUT2D eigenvalue weighted by Gasteiger charge is -2.15. The number of rotatable bonds is 4. The summed E-state index contributed by atoms with van der Waals surface area (Å²) in [6, 6.07) is 0. The van der Waals surface area contributed by atoms with E-state index in [4.69, 9.17) is 0 Å². The lowest BCUT2D eigenvalue weighted by molar-refractivity contribution is 0.835. The molecule has 0 aromatic carbocycles. The van der Waals surface area contributed by atoms with E-state index in [0.717, 1.165) is 7.28 Å². The molecule has 0 N–H and O–H groups in total. The van der Waals surface area contributed by atoms with Crippen LogP contribution in [0, 0.1) is 0 Å². The Morgan fingerprint density at radius 2 is 2.00 bits per heavy atom. The highest BCUT2D eigenvalue weighted by molar-refractivity contribution is 6.62. The maximum atomic E-state index is 4.16. The van der Waals surface area contributed by atoms with E-state index >= 15 is 0 Å². The summed E-state index contributed by atoms with van der Waals surface area (Å²) in [5.74, 6) is 1.26. The number of hydrogen-bond acceptors (Lipinski definition) is 2. The van der Waals surface area contributed by atoms with Crippen LogP contribution < -0.4 is 5.59 Å². The SMILES string of the molecule is CB(C(C)C)n1nncc1BC(C)C. The molecule has 0 bridgehead atoms. The smallest absolute Gasteiger partial charge is 0.284 e. The minimum atomic E-state index is 0.436. The van der Waals surface area contributed by atoms with Gasteiger partial charge in [0.2, 0.25) is 0 Å². The number of nitrogens with zero attached hydrogens (tertiary/aromatic N) is 3. The molecule has 76 valence electrons. The average molecular weight is 191 g/mol. The van der Waals surface area contributed by atoms with Crippen LogP contribution in [0.5, 0.6) is 0 Å². The second kappa shape index (κ2) is 4.67. The van der Waals surface area contributed by atoms with E-state index in [1.165, 1.54) is 5.59 Å². The third-order valence-corrected chi connectivity index (χ3v) is 2.62. The first kappa shape index (κ1) is 11.3. The summed E-state index contributed by atoms with van der Waals surface area (Å²) in [5, 5.41) is 8.15. The molecule has 0 radical (unpaired) electrons. The highest BCUT2D eigenvalue weighted by Crippen LogP contribution is 2.07. The molecule has 0 unspecified atom stereocenters. The molecule has 1 aromatic rings. The van der Waals surface area contributed by atoms with Crippen molar-refractivity contribution in [2.75, 3.05) is 0 Å².